The number of amides is 1. The molecule has 11 heteroatoms. The summed E-state index contributed by atoms with van der Waals surface area (Å²) >= 11 is 0. The third kappa shape index (κ3) is 5.19. The maximum Gasteiger partial charge on any atom is 0.268 e. The van der Waals surface area contributed by atoms with E-state index in [0.29, 0.717) is 58.4 Å². The Morgan fingerprint density at radius 1 is 1.07 bits per heavy atom. The number of pyridine rings is 1. The number of nitrogens with two attached hydrogens (primary N) is 1. The van der Waals surface area contributed by atoms with Gasteiger partial charge in [0.25, 0.3) is 11.5 Å². The quantitative estimate of drug-likeness (QED) is 0.268. The summed E-state index contributed by atoms with van der Waals surface area (Å²) in [6, 6.07) is 14.4. The molecule has 4 N–H and O–H groups in total. The number of halogens is 1. The number of anilines is 2. The Bertz CT molecular complexity index is 1970. The van der Waals surface area contributed by atoms with Crippen LogP contribution in [-0.4, -0.2) is 41.5 Å². The van der Waals surface area contributed by atoms with Gasteiger partial charge < -0.3 is 20.7 Å². The number of carbonyl (C=O) groups excluding carboxylic acids is 2. The molecule has 0 spiro atoms. The molecular weight excluding hydrogens is 551 g/mol. The van der Waals surface area contributed by atoms with Gasteiger partial charge in [-0.1, -0.05) is 24.3 Å². The Kier molecular flexibility index (Phi) is 6.89. The van der Waals surface area contributed by atoms with Crippen LogP contribution < -0.4 is 16.6 Å². The van der Waals surface area contributed by atoms with Gasteiger partial charge in [-0.05, 0) is 62.6 Å². The van der Waals surface area contributed by atoms with Crippen molar-refractivity contribution in [3.63, 3.8) is 0 Å². The number of nitrogen functional groups attached to an aromatic ring is 1. The van der Waals surface area contributed by atoms with Gasteiger partial charge in [-0.25, -0.2) is 14.4 Å². The molecular formula is C32H29FN6O4. The first kappa shape index (κ1) is 28.0. The molecule has 1 amide bonds. The second-order valence-electron chi connectivity index (χ2n) is 11.3. The van der Waals surface area contributed by atoms with Crippen LogP contribution >= 0.6 is 0 Å². The van der Waals surface area contributed by atoms with Gasteiger partial charge in [0.1, 0.15) is 29.2 Å². The van der Waals surface area contributed by atoms with E-state index in [2.05, 4.69) is 15.3 Å². The number of aromatic nitrogens is 4. The van der Waals surface area contributed by atoms with Crippen LogP contribution in [0.3, 0.4) is 0 Å². The summed E-state index contributed by atoms with van der Waals surface area (Å²) in [4.78, 5) is 48.2. The van der Waals surface area contributed by atoms with Crippen LogP contribution in [0.25, 0.3) is 27.8 Å². The van der Waals surface area contributed by atoms with Crippen molar-refractivity contribution in [3.8, 4) is 16.8 Å². The van der Waals surface area contributed by atoms with Crippen molar-refractivity contribution in [3.05, 3.63) is 100 Å². The van der Waals surface area contributed by atoms with Gasteiger partial charge in [0.05, 0.1) is 23.2 Å². The molecule has 218 valence electrons. The molecule has 5 aromatic rings. The number of nitrogens with one attached hydrogen (secondary N) is 1. The average Bonchev–Trinajstić information content (AvgIpc) is 3.32. The van der Waals surface area contributed by atoms with Gasteiger partial charge in [-0.2, -0.15) is 0 Å². The number of ketones is 1. The number of para-hydroxylation sites is 1. The Labute approximate surface area is 245 Å². The predicted octanol–water partition coefficient (Wildman–Crippen LogP) is 4.51. The van der Waals surface area contributed by atoms with Crippen LogP contribution in [0.4, 0.5) is 15.9 Å². The Hall–Kier alpha value is -5.16. The van der Waals surface area contributed by atoms with Crippen LogP contribution in [0.1, 0.15) is 53.1 Å². The van der Waals surface area contributed by atoms with Crippen LogP contribution in [0.2, 0.25) is 0 Å². The number of hydrogen-bond donors (Lipinski definition) is 3. The number of Topliss-reactive ketones (excluding diaryl/α,β-unsaturated/α-hetero) is 1. The number of benzene rings is 2. The first-order valence-corrected chi connectivity index (χ1v) is 13.8. The molecule has 0 fully saturated rings. The molecule has 3 heterocycles. The topological polar surface area (TPSA) is 145 Å². The van der Waals surface area contributed by atoms with Crippen LogP contribution in [0.15, 0.2) is 71.9 Å². The summed E-state index contributed by atoms with van der Waals surface area (Å²) in [5.41, 5.74) is 7.01. The van der Waals surface area contributed by atoms with E-state index in [0.717, 1.165) is 0 Å². The van der Waals surface area contributed by atoms with Crippen molar-refractivity contribution in [2.75, 3.05) is 11.1 Å². The lowest BCUT2D eigenvalue weighted by Crippen LogP contribution is -2.33. The summed E-state index contributed by atoms with van der Waals surface area (Å²) in [6.07, 6.45) is 4.48. The van der Waals surface area contributed by atoms with E-state index in [1.807, 2.05) is 6.07 Å². The van der Waals surface area contributed by atoms with Gasteiger partial charge >= 0.3 is 0 Å². The lowest BCUT2D eigenvalue weighted by Gasteiger charge is -2.21. The highest BCUT2D eigenvalue weighted by molar-refractivity contribution is 6.07. The van der Waals surface area contributed by atoms with E-state index in [4.69, 9.17) is 5.73 Å². The minimum absolute atomic E-state index is 0.145. The molecule has 0 atom stereocenters. The number of rotatable bonds is 6. The predicted molar refractivity (Wildman–Crippen MR) is 161 cm³/mol. The molecule has 0 unspecified atom stereocenters. The zero-order chi connectivity index (χ0) is 30.5. The monoisotopic (exact) mass is 580 g/mol. The van der Waals surface area contributed by atoms with Crippen LogP contribution in [0.5, 0.6) is 0 Å². The number of aliphatic hydroxyl groups is 1. The molecule has 0 radical (unpaired) electrons. The molecule has 0 bridgehead atoms. The van der Waals surface area contributed by atoms with E-state index in [1.165, 1.54) is 29.1 Å². The number of fused-ring (bicyclic) bond motifs is 2. The smallest absolute Gasteiger partial charge is 0.268 e. The molecule has 0 aliphatic heterocycles. The maximum absolute atomic E-state index is 15.5. The van der Waals surface area contributed by atoms with E-state index in [9.17, 15) is 19.5 Å². The Morgan fingerprint density at radius 3 is 2.56 bits per heavy atom. The molecule has 3 aromatic heterocycles. The second-order valence-corrected chi connectivity index (χ2v) is 11.3. The van der Waals surface area contributed by atoms with Gasteiger partial charge in [0.2, 0.25) is 0 Å². The molecule has 1 aliphatic carbocycles. The van der Waals surface area contributed by atoms with Crippen molar-refractivity contribution in [2.24, 2.45) is 0 Å². The third-order valence-electron chi connectivity index (χ3n) is 7.45. The molecule has 0 saturated heterocycles. The van der Waals surface area contributed by atoms with Crippen molar-refractivity contribution in [1.82, 2.24) is 19.1 Å². The van der Waals surface area contributed by atoms with Gasteiger partial charge in [0.15, 0.2) is 5.78 Å². The minimum Gasteiger partial charge on any atom is -0.389 e. The summed E-state index contributed by atoms with van der Waals surface area (Å²) in [6.45, 7) is 3.53. The molecule has 0 saturated carbocycles. The zero-order valence-corrected chi connectivity index (χ0v) is 23.6. The van der Waals surface area contributed by atoms with Crippen molar-refractivity contribution in [2.45, 2.75) is 45.3 Å². The molecule has 10 nitrogen and oxygen atoms in total. The van der Waals surface area contributed by atoms with Crippen molar-refractivity contribution in [1.29, 1.82) is 0 Å². The number of hydrogen-bond acceptors (Lipinski definition) is 7. The highest BCUT2D eigenvalue weighted by Crippen LogP contribution is 2.35. The van der Waals surface area contributed by atoms with Gasteiger partial charge in [0, 0.05) is 35.1 Å². The fraction of sp³-hybridized carbons (Fsp3) is 0.219. The van der Waals surface area contributed by atoms with Crippen LogP contribution in [-0.2, 0) is 13.0 Å². The summed E-state index contributed by atoms with van der Waals surface area (Å²) < 4.78 is 18.6. The molecule has 2 aromatic carbocycles. The summed E-state index contributed by atoms with van der Waals surface area (Å²) in [5.74, 6) is -1.53. The molecule has 1 aliphatic rings. The third-order valence-corrected chi connectivity index (χ3v) is 7.45. The first-order chi connectivity index (χ1) is 20.5. The van der Waals surface area contributed by atoms with E-state index in [-0.39, 0.29) is 29.4 Å². The lowest BCUT2D eigenvalue weighted by atomic mass is 9.92. The molecule has 43 heavy (non-hydrogen) atoms. The average molecular weight is 581 g/mol. The van der Waals surface area contributed by atoms with E-state index < -0.39 is 22.9 Å². The lowest BCUT2D eigenvalue weighted by molar-refractivity contribution is 0.0627. The maximum atomic E-state index is 15.5. The number of carbonyl (C=O) groups is 2. The fourth-order valence-corrected chi connectivity index (χ4v) is 5.58. The van der Waals surface area contributed by atoms with E-state index in [1.54, 1.807) is 54.9 Å². The fourth-order valence-electron chi connectivity index (χ4n) is 5.58. The summed E-state index contributed by atoms with van der Waals surface area (Å²) in [5, 5.41) is 13.4. The standard InChI is InChI=1S/C32H29FN6O4/c1-32(2,43)16-38-15-22(27-28(34)35-17-36-29(27)38)18-11-12-24(23(33)13-18)37-30(41)21-14-20-25(9-6-10-26(20)40)39(31(21)42)19-7-4-3-5-8-19/h3-5,7-8,11-15,17,43H,6,9-10,16H2,1-2H3,(H,37,41)(H2,34,35,36). The van der Waals surface area contributed by atoms with Crippen LogP contribution in [0, 0.1) is 5.82 Å². The SMILES string of the molecule is CC(C)(O)Cn1cc(-c2ccc(NC(=O)c3cc4c(n(-c5ccccc5)c3=O)CCCC4=O)c(F)c2)c2c(N)ncnc21. The van der Waals surface area contributed by atoms with Gasteiger partial charge in [-0.3, -0.25) is 19.0 Å². The van der Waals surface area contributed by atoms with Gasteiger partial charge in [-0.15, -0.1) is 0 Å². The first-order valence-electron chi connectivity index (χ1n) is 13.8. The minimum atomic E-state index is -1.05. The Balaban J connectivity index is 1.37. The van der Waals surface area contributed by atoms with Crippen molar-refractivity contribution < 1.29 is 19.1 Å². The number of nitrogens with zero attached hydrogens (tertiary/aromatic N) is 4. The molecule has 6 rings (SSSR count). The summed E-state index contributed by atoms with van der Waals surface area (Å²) in [7, 11) is 0. The Morgan fingerprint density at radius 2 is 1.84 bits per heavy atom. The normalized spacial score (nSPS) is 13.3. The van der Waals surface area contributed by atoms with Crippen molar-refractivity contribution >= 4 is 34.2 Å². The second kappa shape index (κ2) is 10.6. The highest BCUT2D eigenvalue weighted by Gasteiger charge is 2.27. The zero-order valence-electron chi connectivity index (χ0n) is 23.6. The largest absolute Gasteiger partial charge is 0.389 e. The van der Waals surface area contributed by atoms with E-state index >= 15 is 4.39 Å². The highest BCUT2D eigenvalue weighted by atomic mass is 19.1.